The van der Waals surface area contributed by atoms with E-state index in [-0.39, 0.29) is 0 Å². The largest absolute Gasteiger partial charge is 0.0726 e. The average molecular weight is 268 g/mol. The third-order valence-electron chi connectivity index (χ3n) is 4.11. The van der Waals surface area contributed by atoms with E-state index < -0.39 is 0 Å². The van der Waals surface area contributed by atoms with Crippen molar-refractivity contribution >= 4 is 16.3 Å². The number of benzene rings is 3. The van der Waals surface area contributed by atoms with E-state index in [1.165, 1.54) is 27.5 Å². The normalized spacial score (nSPS) is 17.1. The molecule has 0 nitrogen and oxygen atoms in total. The van der Waals surface area contributed by atoms with Crippen LogP contribution in [-0.2, 0) is 0 Å². The van der Waals surface area contributed by atoms with Crippen LogP contribution in [0.2, 0.25) is 0 Å². The van der Waals surface area contributed by atoms with Crippen molar-refractivity contribution in [1.29, 1.82) is 0 Å². The summed E-state index contributed by atoms with van der Waals surface area (Å²) in [5.74, 6) is 0.396. The summed E-state index contributed by atoms with van der Waals surface area (Å²) in [5.41, 5.74) is 3.96. The van der Waals surface area contributed by atoms with Gasteiger partial charge in [-0.25, -0.2) is 0 Å². The summed E-state index contributed by atoms with van der Waals surface area (Å²) in [6.07, 6.45) is 6.86. The van der Waals surface area contributed by atoms with Gasteiger partial charge in [-0.2, -0.15) is 0 Å². The summed E-state index contributed by atoms with van der Waals surface area (Å²) in [6.45, 7) is 0. The molecule has 0 aliphatic heterocycles. The maximum atomic E-state index is 2.35. The predicted octanol–water partition coefficient (Wildman–Crippen LogP) is 5.58. The highest BCUT2D eigenvalue weighted by atomic mass is 14.2. The fourth-order valence-electron chi connectivity index (χ4n) is 2.96. The Morgan fingerprint density at radius 3 is 2.29 bits per heavy atom. The van der Waals surface area contributed by atoms with Gasteiger partial charge in [-0.3, -0.25) is 0 Å². The molecule has 4 rings (SSSR count). The first-order chi connectivity index (χ1) is 10.4. The highest BCUT2D eigenvalue weighted by Crippen LogP contribution is 2.32. The van der Waals surface area contributed by atoms with Gasteiger partial charge in [0.05, 0.1) is 0 Å². The standard InChI is InChI=1S/C21H16/c1-2-6-16(7-3-1)19-12-13-21(15-19)20-11-10-17-8-4-5-9-18(17)14-20/h1-15,19H. The van der Waals surface area contributed by atoms with Crippen LogP contribution in [0.4, 0.5) is 0 Å². The summed E-state index contributed by atoms with van der Waals surface area (Å²) in [4.78, 5) is 0. The van der Waals surface area contributed by atoms with Gasteiger partial charge in [-0.1, -0.05) is 85.0 Å². The molecule has 1 aliphatic carbocycles. The predicted molar refractivity (Wildman–Crippen MR) is 90.2 cm³/mol. The molecular formula is C21H16. The van der Waals surface area contributed by atoms with Crippen molar-refractivity contribution in [3.8, 4) is 0 Å². The fourth-order valence-corrected chi connectivity index (χ4v) is 2.96. The van der Waals surface area contributed by atoms with Gasteiger partial charge in [0, 0.05) is 5.92 Å². The molecule has 100 valence electrons. The Morgan fingerprint density at radius 1 is 0.667 bits per heavy atom. The number of hydrogen-bond acceptors (Lipinski definition) is 0. The van der Waals surface area contributed by atoms with E-state index in [1.807, 2.05) is 0 Å². The second-order valence-corrected chi connectivity index (χ2v) is 5.48. The van der Waals surface area contributed by atoms with Crippen LogP contribution < -0.4 is 0 Å². The maximum Gasteiger partial charge on any atom is 0.0210 e. The molecule has 0 spiro atoms. The molecular weight excluding hydrogens is 252 g/mol. The third-order valence-corrected chi connectivity index (χ3v) is 4.11. The lowest BCUT2D eigenvalue weighted by atomic mass is 9.99. The third kappa shape index (κ3) is 2.30. The van der Waals surface area contributed by atoms with E-state index >= 15 is 0 Å². The lowest BCUT2D eigenvalue weighted by Crippen LogP contribution is -1.87. The maximum absolute atomic E-state index is 2.35. The van der Waals surface area contributed by atoms with Crippen LogP contribution in [0.1, 0.15) is 17.0 Å². The molecule has 3 aromatic rings. The van der Waals surface area contributed by atoms with Gasteiger partial charge in [0.25, 0.3) is 0 Å². The summed E-state index contributed by atoms with van der Waals surface area (Å²) in [5, 5.41) is 2.59. The molecule has 0 amide bonds. The average Bonchev–Trinajstić information content (AvgIpc) is 3.05. The van der Waals surface area contributed by atoms with Crippen LogP contribution in [0.5, 0.6) is 0 Å². The molecule has 0 heterocycles. The lowest BCUT2D eigenvalue weighted by Gasteiger charge is -2.06. The van der Waals surface area contributed by atoms with Crippen LogP contribution in [0, 0.1) is 0 Å². The van der Waals surface area contributed by atoms with Crippen molar-refractivity contribution in [2.75, 3.05) is 0 Å². The molecule has 1 aliphatic rings. The molecule has 0 heteroatoms. The van der Waals surface area contributed by atoms with Gasteiger partial charge in [0.2, 0.25) is 0 Å². The first-order valence-electron chi connectivity index (χ1n) is 7.34. The molecule has 1 atom stereocenters. The zero-order valence-corrected chi connectivity index (χ0v) is 11.7. The highest BCUT2D eigenvalue weighted by molar-refractivity contribution is 5.88. The summed E-state index contributed by atoms with van der Waals surface area (Å²) in [6, 6.07) is 25.9. The topological polar surface area (TPSA) is 0 Å². The quantitative estimate of drug-likeness (QED) is 0.569. The minimum absolute atomic E-state index is 0.396. The molecule has 0 fully saturated rings. The Kier molecular flexibility index (Phi) is 2.93. The minimum Gasteiger partial charge on any atom is -0.0726 e. The van der Waals surface area contributed by atoms with Gasteiger partial charge in [0.1, 0.15) is 0 Å². The molecule has 0 saturated carbocycles. The van der Waals surface area contributed by atoms with E-state index in [0.29, 0.717) is 5.92 Å². The highest BCUT2D eigenvalue weighted by Gasteiger charge is 2.12. The summed E-state index contributed by atoms with van der Waals surface area (Å²) in [7, 11) is 0. The summed E-state index contributed by atoms with van der Waals surface area (Å²) >= 11 is 0. The van der Waals surface area contributed by atoms with E-state index in [9.17, 15) is 0 Å². The lowest BCUT2D eigenvalue weighted by molar-refractivity contribution is 1.11. The molecule has 0 aromatic heterocycles. The van der Waals surface area contributed by atoms with E-state index in [0.717, 1.165) is 0 Å². The van der Waals surface area contributed by atoms with E-state index in [4.69, 9.17) is 0 Å². The Hall–Kier alpha value is -2.60. The van der Waals surface area contributed by atoms with Crippen LogP contribution in [-0.4, -0.2) is 0 Å². The van der Waals surface area contributed by atoms with Crippen molar-refractivity contribution in [3.05, 3.63) is 102 Å². The van der Waals surface area contributed by atoms with Crippen LogP contribution in [0.25, 0.3) is 16.3 Å². The van der Waals surface area contributed by atoms with Crippen molar-refractivity contribution in [2.24, 2.45) is 0 Å². The Bertz CT molecular complexity index is 838. The second kappa shape index (κ2) is 5.06. The van der Waals surface area contributed by atoms with Crippen molar-refractivity contribution < 1.29 is 0 Å². The van der Waals surface area contributed by atoms with Crippen molar-refractivity contribution in [2.45, 2.75) is 5.92 Å². The fraction of sp³-hybridized carbons (Fsp3) is 0.0476. The zero-order chi connectivity index (χ0) is 14.1. The molecule has 0 bridgehead atoms. The van der Waals surface area contributed by atoms with Crippen LogP contribution in [0.15, 0.2) is 91.0 Å². The van der Waals surface area contributed by atoms with Gasteiger partial charge >= 0.3 is 0 Å². The van der Waals surface area contributed by atoms with Crippen molar-refractivity contribution in [1.82, 2.24) is 0 Å². The smallest absolute Gasteiger partial charge is 0.0210 e. The van der Waals surface area contributed by atoms with E-state index in [1.54, 1.807) is 0 Å². The molecule has 3 aromatic carbocycles. The molecule has 1 unspecified atom stereocenters. The van der Waals surface area contributed by atoms with E-state index in [2.05, 4.69) is 91.0 Å². The molecule has 0 radical (unpaired) electrons. The van der Waals surface area contributed by atoms with Gasteiger partial charge in [-0.05, 0) is 33.5 Å². The Morgan fingerprint density at radius 2 is 1.43 bits per heavy atom. The number of rotatable bonds is 2. The number of allylic oxidation sites excluding steroid dienone is 4. The van der Waals surface area contributed by atoms with Gasteiger partial charge < -0.3 is 0 Å². The zero-order valence-electron chi connectivity index (χ0n) is 11.7. The first-order valence-corrected chi connectivity index (χ1v) is 7.34. The SMILES string of the molecule is C1=CC(c2ccccc2)C=C1c1ccc2ccccc2c1. The summed E-state index contributed by atoms with van der Waals surface area (Å²) < 4.78 is 0. The second-order valence-electron chi connectivity index (χ2n) is 5.48. The molecule has 0 saturated heterocycles. The monoisotopic (exact) mass is 268 g/mol. The number of hydrogen-bond donors (Lipinski definition) is 0. The van der Waals surface area contributed by atoms with Crippen LogP contribution >= 0.6 is 0 Å². The molecule has 21 heavy (non-hydrogen) atoms. The Balaban J connectivity index is 1.71. The Labute approximate surface area is 125 Å². The minimum atomic E-state index is 0.396. The first kappa shape index (κ1) is 12.2. The van der Waals surface area contributed by atoms with Gasteiger partial charge in [-0.15, -0.1) is 0 Å². The van der Waals surface area contributed by atoms with Crippen LogP contribution in [0.3, 0.4) is 0 Å². The van der Waals surface area contributed by atoms with Crippen molar-refractivity contribution in [3.63, 3.8) is 0 Å². The van der Waals surface area contributed by atoms with Gasteiger partial charge in [0.15, 0.2) is 0 Å². The molecule has 0 N–H and O–H groups in total. The number of fused-ring (bicyclic) bond motifs is 1.